The van der Waals surface area contributed by atoms with Gasteiger partial charge in [0.15, 0.2) is 0 Å². The Morgan fingerprint density at radius 2 is 2.04 bits per heavy atom. The third kappa shape index (κ3) is 3.98. The minimum atomic E-state index is -0.0529. The molecule has 2 aromatic rings. The summed E-state index contributed by atoms with van der Waals surface area (Å²) in [5, 5.41) is 7.52. The summed E-state index contributed by atoms with van der Waals surface area (Å²) in [5.74, 6) is 0.674. The molecule has 1 atom stereocenters. The number of aromatic nitrogens is 2. The topological polar surface area (TPSA) is 50.2 Å². The number of benzene rings is 1. The van der Waals surface area contributed by atoms with Crippen molar-refractivity contribution in [3.63, 3.8) is 0 Å². The molecule has 2 heterocycles. The molecule has 0 saturated carbocycles. The van der Waals surface area contributed by atoms with Gasteiger partial charge in [-0.25, -0.2) is 4.68 Å². The number of rotatable bonds is 5. The Hall–Kier alpha value is -2.14. The van der Waals surface area contributed by atoms with Gasteiger partial charge in [-0.1, -0.05) is 25.1 Å². The molecule has 5 heteroatoms. The zero-order valence-electron chi connectivity index (χ0n) is 16.3. The molecule has 0 radical (unpaired) electrons. The molecule has 3 rings (SSSR count). The van der Waals surface area contributed by atoms with E-state index >= 15 is 0 Å². The first kappa shape index (κ1) is 18.6. The standard InChI is InChI=1S/C21H30N4O/c1-16-9-8-12-24(14-16)21(3,4)15-22-20(26)19-13-23-25(17(19)2)18-10-6-5-7-11-18/h5-7,10-11,13,16H,8-9,12,14-15H2,1-4H3,(H,22,26). The lowest BCUT2D eigenvalue weighted by Gasteiger charge is -2.43. The van der Waals surface area contributed by atoms with Crippen molar-refractivity contribution in [3.05, 3.63) is 47.8 Å². The van der Waals surface area contributed by atoms with Gasteiger partial charge in [0.05, 0.1) is 23.1 Å². The van der Waals surface area contributed by atoms with Gasteiger partial charge in [-0.2, -0.15) is 5.10 Å². The molecule has 1 aliphatic rings. The molecule has 1 aliphatic heterocycles. The fourth-order valence-electron chi connectivity index (χ4n) is 3.70. The van der Waals surface area contributed by atoms with E-state index < -0.39 is 0 Å². The second kappa shape index (κ2) is 7.62. The highest BCUT2D eigenvalue weighted by atomic mass is 16.1. The van der Waals surface area contributed by atoms with E-state index in [-0.39, 0.29) is 11.4 Å². The summed E-state index contributed by atoms with van der Waals surface area (Å²) in [6.07, 6.45) is 4.20. The SMILES string of the molecule is Cc1c(C(=O)NCC(C)(C)N2CCCC(C)C2)cnn1-c1ccccc1. The Kier molecular flexibility index (Phi) is 5.47. The minimum absolute atomic E-state index is 0.0479. The van der Waals surface area contributed by atoms with Gasteiger partial charge in [0.1, 0.15) is 0 Å². The van der Waals surface area contributed by atoms with Crippen LogP contribution in [0.1, 0.15) is 49.7 Å². The first-order valence-electron chi connectivity index (χ1n) is 9.52. The van der Waals surface area contributed by atoms with Gasteiger partial charge in [-0.05, 0) is 58.2 Å². The molecule has 1 aromatic heterocycles. The van der Waals surface area contributed by atoms with Crippen LogP contribution in [0.3, 0.4) is 0 Å². The van der Waals surface area contributed by atoms with Crippen LogP contribution >= 0.6 is 0 Å². The summed E-state index contributed by atoms with van der Waals surface area (Å²) < 4.78 is 1.81. The van der Waals surface area contributed by atoms with E-state index in [1.54, 1.807) is 6.20 Å². The number of hydrogen-bond acceptors (Lipinski definition) is 3. The number of likely N-dealkylation sites (tertiary alicyclic amines) is 1. The third-order valence-electron chi connectivity index (χ3n) is 5.45. The van der Waals surface area contributed by atoms with Crippen molar-refractivity contribution >= 4 is 5.91 Å². The maximum atomic E-state index is 12.7. The Bertz CT molecular complexity index is 751. The number of piperidine rings is 1. The zero-order chi connectivity index (χ0) is 18.7. The Labute approximate surface area is 156 Å². The number of amides is 1. The number of nitrogens with zero attached hydrogens (tertiary/aromatic N) is 3. The van der Waals surface area contributed by atoms with E-state index in [1.165, 1.54) is 12.8 Å². The van der Waals surface area contributed by atoms with Crippen LogP contribution in [0.5, 0.6) is 0 Å². The number of nitrogens with one attached hydrogen (secondary N) is 1. The van der Waals surface area contributed by atoms with Gasteiger partial charge >= 0.3 is 0 Å². The summed E-state index contributed by atoms with van der Waals surface area (Å²) in [7, 11) is 0. The van der Waals surface area contributed by atoms with Gasteiger partial charge in [-0.3, -0.25) is 9.69 Å². The van der Waals surface area contributed by atoms with Crippen LogP contribution in [-0.4, -0.2) is 45.8 Å². The molecule has 1 aromatic carbocycles. The zero-order valence-corrected chi connectivity index (χ0v) is 16.3. The summed E-state index contributed by atoms with van der Waals surface area (Å²) >= 11 is 0. The number of carbonyl (C=O) groups excluding carboxylic acids is 1. The largest absolute Gasteiger partial charge is 0.350 e. The molecule has 1 amide bonds. The number of hydrogen-bond donors (Lipinski definition) is 1. The lowest BCUT2D eigenvalue weighted by atomic mass is 9.93. The third-order valence-corrected chi connectivity index (χ3v) is 5.45. The van der Waals surface area contributed by atoms with Crippen molar-refractivity contribution in [2.24, 2.45) is 5.92 Å². The summed E-state index contributed by atoms with van der Waals surface area (Å²) in [4.78, 5) is 15.2. The normalized spacial score (nSPS) is 18.7. The van der Waals surface area contributed by atoms with Crippen LogP contribution in [-0.2, 0) is 0 Å². The highest BCUT2D eigenvalue weighted by Gasteiger charge is 2.30. The molecule has 0 spiro atoms. The highest BCUT2D eigenvalue weighted by molar-refractivity contribution is 5.95. The molecule has 140 valence electrons. The molecule has 5 nitrogen and oxygen atoms in total. The van der Waals surface area contributed by atoms with Crippen molar-refractivity contribution in [2.75, 3.05) is 19.6 Å². The Balaban J connectivity index is 1.66. The van der Waals surface area contributed by atoms with E-state index in [0.29, 0.717) is 12.1 Å². The molecule has 1 fully saturated rings. The predicted octanol–water partition coefficient (Wildman–Crippen LogP) is 3.42. The van der Waals surface area contributed by atoms with Gasteiger partial charge in [-0.15, -0.1) is 0 Å². The van der Waals surface area contributed by atoms with Crippen LogP contribution in [0.25, 0.3) is 5.69 Å². The van der Waals surface area contributed by atoms with Gasteiger partial charge in [0, 0.05) is 18.6 Å². The van der Waals surface area contributed by atoms with Crippen molar-refractivity contribution < 1.29 is 4.79 Å². The molecular formula is C21H30N4O. The maximum Gasteiger partial charge on any atom is 0.254 e. The fraction of sp³-hybridized carbons (Fsp3) is 0.524. The molecule has 0 bridgehead atoms. The minimum Gasteiger partial charge on any atom is -0.350 e. The summed E-state index contributed by atoms with van der Waals surface area (Å²) in [5.41, 5.74) is 2.41. The van der Waals surface area contributed by atoms with Gasteiger partial charge in [0.2, 0.25) is 0 Å². The number of carbonyl (C=O) groups is 1. The van der Waals surface area contributed by atoms with E-state index in [4.69, 9.17) is 0 Å². The maximum absolute atomic E-state index is 12.7. The average Bonchev–Trinajstić information content (AvgIpc) is 3.02. The molecule has 1 unspecified atom stereocenters. The molecule has 26 heavy (non-hydrogen) atoms. The predicted molar refractivity (Wildman–Crippen MR) is 105 cm³/mol. The first-order valence-corrected chi connectivity index (χ1v) is 9.52. The monoisotopic (exact) mass is 354 g/mol. The van der Waals surface area contributed by atoms with Crippen molar-refractivity contribution in [1.29, 1.82) is 0 Å². The average molecular weight is 354 g/mol. The molecule has 0 aliphatic carbocycles. The quantitative estimate of drug-likeness (QED) is 0.895. The van der Waals surface area contributed by atoms with Crippen molar-refractivity contribution in [1.82, 2.24) is 20.0 Å². The van der Waals surface area contributed by atoms with Gasteiger partial charge < -0.3 is 5.32 Å². The highest BCUT2D eigenvalue weighted by Crippen LogP contribution is 2.23. The van der Waals surface area contributed by atoms with E-state index in [1.807, 2.05) is 41.9 Å². The van der Waals surface area contributed by atoms with Crippen LogP contribution < -0.4 is 5.32 Å². The second-order valence-corrected chi connectivity index (χ2v) is 8.08. The first-order chi connectivity index (χ1) is 12.4. The van der Waals surface area contributed by atoms with Crippen molar-refractivity contribution in [3.8, 4) is 5.69 Å². The Morgan fingerprint density at radius 3 is 2.73 bits per heavy atom. The summed E-state index contributed by atoms with van der Waals surface area (Å²) in [6, 6.07) is 9.89. The van der Waals surface area contributed by atoms with Crippen LogP contribution in [0.15, 0.2) is 36.5 Å². The van der Waals surface area contributed by atoms with Gasteiger partial charge in [0.25, 0.3) is 5.91 Å². The van der Waals surface area contributed by atoms with Crippen LogP contribution in [0.4, 0.5) is 0 Å². The molecule has 1 N–H and O–H groups in total. The summed E-state index contributed by atoms with van der Waals surface area (Å²) in [6.45, 7) is 11.5. The lowest BCUT2D eigenvalue weighted by molar-refractivity contribution is 0.0657. The van der Waals surface area contributed by atoms with Crippen molar-refractivity contribution in [2.45, 2.75) is 46.1 Å². The molecule has 1 saturated heterocycles. The lowest BCUT2D eigenvalue weighted by Crippen LogP contribution is -2.54. The van der Waals surface area contributed by atoms with Crippen LogP contribution in [0.2, 0.25) is 0 Å². The Morgan fingerprint density at radius 1 is 1.31 bits per heavy atom. The van der Waals surface area contributed by atoms with E-state index in [9.17, 15) is 4.79 Å². The fourth-order valence-corrected chi connectivity index (χ4v) is 3.70. The van der Waals surface area contributed by atoms with E-state index in [2.05, 4.69) is 36.1 Å². The molecular weight excluding hydrogens is 324 g/mol. The smallest absolute Gasteiger partial charge is 0.254 e. The van der Waals surface area contributed by atoms with Crippen LogP contribution in [0, 0.1) is 12.8 Å². The van der Waals surface area contributed by atoms with E-state index in [0.717, 1.165) is 30.4 Å². The number of para-hydroxylation sites is 1. The second-order valence-electron chi connectivity index (χ2n) is 8.08.